The van der Waals surface area contributed by atoms with E-state index in [4.69, 9.17) is 9.47 Å². The van der Waals surface area contributed by atoms with Crippen molar-refractivity contribution in [1.29, 1.82) is 0 Å². The fraction of sp³-hybridized carbons (Fsp3) is 0.500. The Hall–Kier alpha value is -1.66. The molecule has 0 saturated carbocycles. The summed E-state index contributed by atoms with van der Waals surface area (Å²) >= 11 is 0. The lowest BCUT2D eigenvalue weighted by Gasteiger charge is -2.13. The van der Waals surface area contributed by atoms with Crippen molar-refractivity contribution in [3.63, 3.8) is 0 Å². The molecular formula is C12H16N4O2. The Morgan fingerprint density at radius 2 is 2.28 bits per heavy atom. The van der Waals surface area contributed by atoms with Gasteiger partial charge in [-0.1, -0.05) is 0 Å². The first-order valence-corrected chi connectivity index (χ1v) is 5.97. The van der Waals surface area contributed by atoms with Gasteiger partial charge >= 0.3 is 0 Å². The van der Waals surface area contributed by atoms with Gasteiger partial charge in [-0.3, -0.25) is 0 Å². The maximum atomic E-state index is 5.49. The lowest BCUT2D eigenvalue weighted by Crippen LogP contribution is -2.31. The van der Waals surface area contributed by atoms with Crippen molar-refractivity contribution < 1.29 is 9.47 Å². The number of aromatic nitrogens is 3. The molecule has 0 aliphatic carbocycles. The molecule has 2 aromatic rings. The summed E-state index contributed by atoms with van der Waals surface area (Å²) in [5.74, 6) is 1.74. The molecule has 0 aromatic carbocycles. The number of ether oxygens (including phenoxy) is 2. The van der Waals surface area contributed by atoms with Gasteiger partial charge in [-0.05, 0) is 13.1 Å². The van der Waals surface area contributed by atoms with E-state index in [2.05, 4.69) is 20.3 Å². The van der Waals surface area contributed by atoms with E-state index in [9.17, 15) is 0 Å². The average Bonchev–Trinajstić information content (AvgIpc) is 3.03. The average molecular weight is 248 g/mol. The van der Waals surface area contributed by atoms with Crippen LogP contribution >= 0.6 is 0 Å². The number of pyridine rings is 1. The van der Waals surface area contributed by atoms with E-state index in [1.807, 2.05) is 19.2 Å². The molecule has 1 saturated heterocycles. The quantitative estimate of drug-likeness (QED) is 0.835. The van der Waals surface area contributed by atoms with Crippen LogP contribution in [0, 0.1) is 0 Å². The van der Waals surface area contributed by atoms with Gasteiger partial charge in [0, 0.05) is 12.1 Å². The number of H-pyrrole nitrogens is 1. The molecule has 6 heteroatoms. The molecule has 1 fully saturated rings. The molecule has 0 spiro atoms. The van der Waals surface area contributed by atoms with E-state index in [1.54, 1.807) is 7.11 Å². The second-order valence-electron chi connectivity index (χ2n) is 4.39. The number of rotatable bonds is 3. The highest BCUT2D eigenvalue weighted by molar-refractivity contribution is 5.71. The van der Waals surface area contributed by atoms with Crippen molar-refractivity contribution in [3.05, 3.63) is 18.0 Å². The Morgan fingerprint density at radius 1 is 1.39 bits per heavy atom. The highest BCUT2D eigenvalue weighted by atomic mass is 16.5. The summed E-state index contributed by atoms with van der Waals surface area (Å²) in [4.78, 5) is 12.1. The van der Waals surface area contributed by atoms with Crippen molar-refractivity contribution >= 4 is 11.2 Å². The normalized spacial score (nSPS) is 23.7. The number of nitrogens with zero attached hydrogens (tertiary/aromatic N) is 2. The number of fused-ring (bicyclic) bond motifs is 1. The number of methoxy groups -OCH3 is 1. The highest BCUT2D eigenvalue weighted by Crippen LogP contribution is 2.25. The topological polar surface area (TPSA) is 72.1 Å². The van der Waals surface area contributed by atoms with Gasteiger partial charge in [0.2, 0.25) is 5.88 Å². The molecule has 0 radical (unpaired) electrons. The predicted molar refractivity (Wildman–Crippen MR) is 66.8 cm³/mol. The first-order chi connectivity index (χ1) is 8.81. The molecule has 2 unspecified atom stereocenters. The fourth-order valence-corrected chi connectivity index (χ4v) is 2.29. The monoisotopic (exact) mass is 248 g/mol. The van der Waals surface area contributed by atoms with Crippen molar-refractivity contribution in [2.45, 2.75) is 12.0 Å². The summed E-state index contributed by atoms with van der Waals surface area (Å²) in [5, 5.41) is 3.25. The van der Waals surface area contributed by atoms with Gasteiger partial charge < -0.3 is 19.8 Å². The fourth-order valence-electron chi connectivity index (χ4n) is 2.29. The minimum atomic E-state index is 0.246. The lowest BCUT2D eigenvalue weighted by molar-refractivity contribution is 0.188. The SMILES string of the molecule is CNC1COCC1c1nc2nc(OC)ccc2[nH]1. The zero-order valence-corrected chi connectivity index (χ0v) is 10.4. The maximum absolute atomic E-state index is 5.49. The second-order valence-corrected chi connectivity index (χ2v) is 4.39. The molecule has 1 aliphatic rings. The molecule has 2 N–H and O–H groups in total. The first-order valence-electron chi connectivity index (χ1n) is 5.97. The molecule has 2 atom stereocenters. The van der Waals surface area contributed by atoms with Gasteiger partial charge in [0.1, 0.15) is 5.82 Å². The predicted octanol–water partition coefficient (Wildman–Crippen LogP) is 0.668. The van der Waals surface area contributed by atoms with E-state index >= 15 is 0 Å². The lowest BCUT2D eigenvalue weighted by atomic mass is 10.0. The van der Waals surface area contributed by atoms with Crippen LogP contribution in [0.2, 0.25) is 0 Å². The smallest absolute Gasteiger partial charge is 0.215 e. The van der Waals surface area contributed by atoms with E-state index in [0.29, 0.717) is 24.2 Å². The van der Waals surface area contributed by atoms with Gasteiger partial charge in [0.25, 0.3) is 0 Å². The number of likely N-dealkylation sites (N-methyl/N-ethyl adjacent to an activating group) is 1. The van der Waals surface area contributed by atoms with Gasteiger partial charge in [-0.2, -0.15) is 4.98 Å². The van der Waals surface area contributed by atoms with Crippen molar-refractivity contribution in [3.8, 4) is 5.88 Å². The van der Waals surface area contributed by atoms with Crippen LogP contribution < -0.4 is 10.1 Å². The third-order valence-electron chi connectivity index (χ3n) is 3.35. The second kappa shape index (κ2) is 4.55. The number of imidazole rings is 1. The molecule has 0 amide bonds. The first kappa shape index (κ1) is 11.4. The van der Waals surface area contributed by atoms with Crippen LogP contribution in [0.1, 0.15) is 11.7 Å². The Kier molecular flexibility index (Phi) is 2.89. The van der Waals surface area contributed by atoms with Crippen molar-refractivity contribution in [2.24, 2.45) is 0 Å². The zero-order chi connectivity index (χ0) is 12.5. The third-order valence-corrected chi connectivity index (χ3v) is 3.35. The van der Waals surface area contributed by atoms with E-state index in [1.165, 1.54) is 0 Å². The Balaban J connectivity index is 1.97. The van der Waals surface area contributed by atoms with Gasteiger partial charge in [-0.25, -0.2) is 4.98 Å². The molecule has 2 aromatic heterocycles. The molecule has 96 valence electrons. The maximum Gasteiger partial charge on any atom is 0.215 e. The molecule has 1 aliphatic heterocycles. The molecule has 3 heterocycles. The summed E-state index contributed by atoms with van der Waals surface area (Å²) < 4.78 is 10.6. The molecule has 3 rings (SSSR count). The molecular weight excluding hydrogens is 232 g/mol. The number of hydrogen-bond acceptors (Lipinski definition) is 5. The van der Waals surface area contributed by atoms with Crippen LogP contribution in [0.15, 0.2) is 12.1 Å². The van der Waals surface area contributed by atoms with Gasteiger partial charge in [0.05, 0.1) is 31.8 Å². The van der Waals surface area contributed by atoms with Gasteiger partial charge in [-0.15, -0.1) is 0 Å². The zero-order valence-electron chi connectivity index (χ0n) is 10.4. The van der Waals surface area contributed by atoms with Crippen molar-refractivity contribution in [2.75, 3.05) is 27.4 Å². The Labute approximate surface area is 105 Å². The van der Waals surface area contributed by atoms with Crippen LogP contribution in [0.3, 0.4) is 0 Å². The van der Waals surface area contributed by atoms with Crippen LogP contribution in [0.5, 0.6) is 5.88 Å². The van der Waals surface area contributed by atoms with E-state index < -0.39 is 0 Å². The standard InChI is InChI=1S/C12H16N4O2/c1-13-9-6-18-5-7(9)11-14-8-3-4-10(17-2)15-12(8)16-11/h3-4,7,9,13H,5-6H2,1-2H3,(H,14,15,16). The van der Waals surface area contributed by atoms with Gasteiger partial charge in [0.15, 0.2) is 5.65 Å². The highest BCUT2D eigenvalue weighted by Gasteiger charge is 2.30. The molecule has 18 heavy (non-hydrogen) atoms. The summed E-state index contributed by atoms with van der Waals surface area (Å²) in [6.45, 7) is 1.40. The molecule has 0 bridgehead atoms. The summed E-state index contributed by atoms with van der Waals surface area (Å²) in [7, 11) is 3.54. The minimum absolute atomic E-state index is 0.246. The van der Waals surface area contributed by atoms with E-state index in [0.717, 1.165) is 17.9 Å². The van der Waals surface area contributed by atoms with Crippen LogP contribution in [0.4, 0.5) is 0 Å². The third kappa shape index (κ3) is 1.83. The number of aromatic amines is 1. The minimum Gasteiger partial charge on any atom is -0.481 e. The van der Waals surface area contributed by atoms with Crippen LogP contribution in [-0.4, -0.2) is 48.4 Å². The van der Waals surface area contributed by atoms with Crippen LogP contribution in [0.25, 0.3) is 11.2 Å². The Morgan fingerprint density at radius 3 is 3.06 bits per heavy atom. The summed E-state index contributed by atoms with van der Waals surface area (Å²) in [6.07, 6.45) is 0. The Bertz CT molecular complexity index is 554. The summed E-state index contributed by atoms with van der Waals surface area (Å²) in [5.41, 5.74) is 1.61. The summed E-state index contributed by atoms with van der Waals surface area (Å²) in [6, 6.07) is 4.06. The van der Waals surface area contributed by atoms with Crippen molar-refractivity contribution in [1.82, 2.24) is 20.3 Å². The number of hydrogen-bond donors (Lipinski definition) is 2. The molecule has 6 nitrogen and oxygen atoms in total. The van der Waals surface area contributed by atoms with E-state index in [-0.39, 0.29) is 5.92 Å². The largest absolute Gasteiger partial charge is 0.481 e. The number of nitrogens with one attached hydrogen (secondary N) is 2. The van der Waals surface area contributed by atoms with Crippen LogP contribution in [-0.2, 0) is 4.74 Å².